The Morgan fingerprint density at radius 1 is 1.25 bits per heavy atom. The van der Waals surface area contributed by atoms with Gasteiger partial charge in [-0.05, 0) is 24.1 Å². The molecule has 1 aromatic carbocycles. The normalized spacial score (nSPS) is 27.2. The van der Waals surface area contributed by atoms with Crippen molar-refractivity contribution in [3.05, 3.63) is 34.3 Å². The molecule has 1 saturated carbocycles. The van der Waals surface area contributed by atoms with Crippen LogP contribution in [-0.2, 0) is 16.1 Å². The molecule has 1 heterocycles. The Balaban J connectivity index is 1.80. The highest BCUT2D eigenvalue weighted by molar-refractivity contribution is 9.10. The molecule has 4 heteroatoms. The number of likely N-dealkylation sites (tertiary alicyclic amines) is 1. The number of hydrogen-bond acceptors (Lipinski definition) is 2. The highest BCUT2D eigenvalue weighted by Gasteiger charge is 2.58. The van der Waals surface area contributed by atoms with Crippen LogP contribution in [0.2, 0.25) is 0 Å². The molecule has 0 aromatic heterocycles. The summed E-state index contributed by atoms with van der Waals surface area (Å²) in [4.78, 5) is 24.9. The topological polar surface area (TPSA) is 37.4 Å². The molecule has 2 unspecified atom stereocenters. The summed E-state index contributed by atoms with van der Waals surface area (Å²) in [6.45, 7) is 0.407. The van der Waals surface area contributed by atoms with Crippen molar-refractivity contribution in [3.63, 3.8) is 0 Å². The van der Waals surface area contributed by atoms with Crippen molar-refractivity contribution in [2.45, 2.75) is 13.0 Å². The molecule has 1 saturated heterocycles. The maximum absolute atomic E-state index is 11.7. The van der Waals surface area contributed by atoms with E-state index < -0.39 is 0 Å². The number of amides is 2. The van der Waals surface area contributed by atoms with E-state index in [0.29, 0.717) is 6.54 Å². The Labute approximate surface area is 102 Å². The van der Waals surface area contributed by atoms with Crippen LogP contribution in [0.15, 0.2) is 28.7 Å². The minimum absolute atomic E-state index is 0.000321. The second kappa shape index (κ2) is 3.42. The van der Waals surface area contributed by atoms with Crippen molar-refractivity contribution in [2.75, 3.05) is 0 Å². The summed E-state index contributed by atoms with van der Waals surface area (Å²) in [5, 5.41) is 0. The Morgan fingerprint density at radius 2 is 1.94 bits per heavy atom. The maximum Gasteiger partial charge on any atom is 0.233 e. The first kappa shape index (κ1) is 10.0. The lowest BCUT2D eigenvalue weighted by molar-refractivity contribution is -0.142. The van der Waals surface area contributed by atoms with Gasteiger partial charge in [-0.2, -0.15) is 0 Å². The average Bonchev–Trinajstić information content (AvgIpc) is 2.99. The Bertz CT molecular complexity index is 466. The van der Waals surface area contributed by atoms with Crippen molar-refractivity contribution in [2.24, 2.45) is 11.8 Å². The second-order valence-electron chi connectivity index (χ2n) is 4.34. The van der Waals surface area contributed by atoms with E-state index in [4.69, 9.17) is 0 Å². The lowest BCUT2D eigenvalue weighted by atomic mass is 10.2. The van der Waals surface area contributed by atoms with Gasteiger partial charge in [0.05, 0.1) is 18.4 Å². The number of nitrogens with zero attached hydrogens (tertiary/aromatic N) is 1. The van der Waals surface area contributed by atoms with Gasteiger partial charge in [-0.15, -0.1) is 0 Å². The first-order valence-electron chi connectivity index (χ1n) is 5.26. The van der Waals surface area contributed by atoms with E-state index in [1.54, 1.807) is 0 Å². The van der Waals surface area contributed by atoms with Gasteiger partial charge in [0.15, 0.2) is 0 Å². The zero-order chi connectivity index (χ0) is 11.3. The molecule has 2 aliphatic rings. The fourth-order valence-corrected chi connectivity index (χ4v) is 2.67. The molecule has 1 aliphatic carbocycles. The molecule has 16 heavy (non-hydrogen) atoms. The van der Waals surface area contributed by atoms with E-state index in [2.05, 4.69) is 15.9 Å². The van der Waals surface area contributed by atoms with Crippen molar-refractivity contribution >= 4 is 27.7 Å². The zero-order valence-electron chi connectivity index (χ0n) is 8.52. The third-order valence-electron chi connectivity index (χ3n) is 3.19. The number of carbonyl (C=O) groups excluding carboxylic acids is 2. The summed E-state index contributed by atoms with van der Waals surface area (Å²) < 4.78 is 0.967. The van der Waals surface area contributed by atoms with Gasteiger partial charge in [0, 0.05) is 4.47 Å². The Hall–Kier alpha value is -1.16. The van der Waals surface area contributed by atoms with Gasteiger partial charge < -0.3 is 0 Å². The number of imide groups is 1. The maximum atomic E-state index is 11.7. The molecule has 0 spiro atoms. The molecule has 0 bridgehead atoms. The molecule has 2 atom stereocenters. The predicted octanol–water partition coefficient (Wildman–Crippen LogP) is 1.95. The molecule has 82 valence electrons. The minimum atomic E-state index is -0.000321. The van der Waals surface area contributed by atoms with E-state index in [1.165, 1.54) is 4.90 Å². The van der Waals surface area contributed by atoms with Crippen LogP contribution in [0.25, 0.3) is 0 Å². The van der Waals surface area contributed by atoms with Crippen LogP contribution in [-0.4, -0.2) is 16.7 Å². The summed E-state index contributed by atoms with van der Waals surface area (Å²) in [6, 6.07) is 7.69. The number of carbonyl (C=O) groups is 2. The lowest BCUT2D eigenvalue weighted by Gasteiger charge is -2.16. The third kappa shape index (κ3) is 1.48. The number of piperidine rings is 1. The summed E-state index contributed by atoms with van der Waals surface area (Å²) in [7, 11) is 0. The molecule has 0 N–H and O–H groups in total. The Morgan fingerprint density at radius 3 is 2.56 bits per heavy atom. The van der Waals surface area contributed by atoms with Crippen molar-refractivity contribution in [1.29, 1.82) is 0 Å². The molecular formula is C12H10BrNO2. The summed E-state index contributed by atoms with van der Waals surface area (Å²) in [5.41, 5.74) is 0.984. The lowest BCUT2D eigenvalue weighted by Crippen LogP contribution is -2.32. The number of rotatable bonds is 2. The van der Waals surface area contributed by atoms with E-state index in [9.17, 15) is 9.59 Å². The zero-order valence-corrected chi connectivity index (χ0v) is 10.1. The van der Waals surface area contributed by atoms with Crippen LogP contribution in [0, 0.1) is 11.8 Å². The Kier molecular flexibility index (Phi) is 2.14. The van der Waals surface area contributed by atoms with Crippen LogP contribution >= 0.6 is 15.9 Å². The second-order valence-corrected chi connectivity index (χ2v) is 5.26. The monoisotopic (exact) mass is 279 g/mol. The quantitative estimate of drug-likeness (QED) is 0.776. The highest BCUT2D eigenvalue weighted by Crippen LogP contribution is 2.47. The first-order chi connectivity index (χ1) is 7.66. The van der Waals surface area contributed by atoms with Crippen LogP contribution in [0.4, 0.5) is 0 Å². The van der Waals surface area contributed by atoms with Crippen LogP contribution in [0.5, 0.6) is 0 Å². The highest BCUT2D eigenvalue weighted by atomic mass is 79.9. The van der Waals surface area contributed by atoms with E-state index >= 15 is 0 Å². The standard InChI is InChI=1S/C12H10BrNO2/c13-8-3-1-2-7(4-8)6-14-11(15)9-5-10(9)12(14)16/h1-4,9-10H,5-6H2. The molecule has 1 aromatic rings. The van der Waals surface area contributed by atoms with Crippen LogP contribution in [0.1, 0.15) is 12.0 Å². The molecule has 3 rings (SSSR count). The van der Waals surface area contributed by atoms with Gasteiger partial charge in [-0.3, -0.25) is 14.5 Å². The summed E-state index contributed by atoms with van der Waals surface area (Å²) in [5.74, 6) is 0.0178. The van der Waals surface area contributed by atoms with Gasteiger partial charge in [0.2, 0.25) is 11.8 Å². The summed E-state index contributed by atoms with van der Waals surface area (Å²) in [6.07, 6.45) is 0.770. The molecule has 0 radical (unpaired) electrons. The van der Waals surface area contributed by atoms with Crippen molar-refractivity contribution in [3.8, 4) is 0 Å². The number of benzene rings is 1. The molecule has 2 amide bonds. The largest absolute Gasteiger partial charge is 0.278 e. The molecule has 1 aliphatic heterocycles. The summed E-state index contributed by atoms with van der Waals surface area (Å²) >= 11 is 3.37. The molecular weight excluding hydrogens is 270 g/mol. The van der Waals surface area contributed by atoms with Gasteiger partial charge >= 0.3 is 0 Å². The fraction of sp³-hybridized carbons (Fsp3) is 0.333. The third-order valence-corrected chi connectivity index (χ3v) is 3.68. The predicted molar refractivity (Wildman–Crippen MR) is 61.3 cm³/mol. The first-order valence-corrected chi connectivity index (χ1v) is 6.06. The molecule has 2 fully saturated rings. The van der Waals surface area contributed by atoms with Crippen molar-refractivity contribution < 1.29 is 9.59 Å². The van der Waals surface area contributed by atoms with E-state index in [-0.39, 0.29) is 23.7 Å². The van der Waals surface area contributed by atoms with Crippen LogP contribution < -0.4 is 0 Å². The average molecular weight is 280 g/mol. The number of fused-ring (bicyclic) bond motifs is 1. The molecule has 3 nitrogen and oxygen atoms in total. The van der Waals surface area contributed by atoms with E-state index in [1.807, 2.05) is 24.3 Å². The minimum Gasteiger partial charge on any atom is -0.278 e. The van der Waals surface area contributed by atoms with Crippen molar-refractivity contribution in [1.82, 2.24) is 4.90 Å². The smallest absolute Gasteiger partial charge is 0.233 e. The van der Waals surface area contributed by atoms with Gasteiger partial charge in [0.1, 0.15) is 0 Å². The number of halogens is 1. The fourth-order valence-electron chi connectivity index (χ4n) is 2.22. The van der Waals surface area contributed by atoms with Gasteiger partial charge in [0.25, 0.3) is 0 Å². The van der Waals surface area contributed by atoms with Crippen LogP contribution in [0.3, 0.4) is 0 Å². The van der Waals surface area contributed by atoms with Gasteiger partial charge in [-0.25, -0.2) is 0 Å². The van der Waals surface area contributed by atoms with Gasteiger partial charge in [-0.1, -0.05) is 28.1 Å². The number of hydrogen-bond donors (Lipinski definition) is 0. The SMILES string of the molecule is O=C1C2CC2C(=O)N1Cc1cccc(Br)c1. The van der Waals surface area contributed by atoms with E-state index in [0.717, 1.165) is 16.5 Å².